The molecule has 1 unspecified atom stereocenters. The summed E-state index contributed by atoms with van der Waals surface area (Å²) in [5.74, 6) is -0.0431. The molecular weight excluding hydrogens is 344 g/mol. The van der Waals surface area contributed by atoms with Crippen LogP contribution in [0.5, 0.6) is 0 Å². The van der Waals surface area contributed by atoms with Crippen molar-refractivity contribution in [3.05, 3.63) is 77.4 Å². The second-order valence-electron chi connectivity index (χ2n) is 9.39. The Hall–Kier alpha value is -2.35. The molecule has 28 heavy (non-hydrogen) atoms. The molecule has 0 amide bonds. The largest absolute Gasteiger partial charge is 0.460 e. The average molecular weight is 375 g/mol. The van der Waals surface area contributed by atoms with Crippen LogP contribution < -0.4 is 0 Å². The van der Waals surface area contributed by atoms with Gasteiger partial charge in [-0.2, -0.15) is 0 Å². The quantitative estimate of drug-likeness (QED) is 0.596. The molecule has 2 nitrogen and oxygen atoms in total. The Morgan fingerprint density at radius 3 is 2.39 bits per heavy atom. The SMILES string of the molecule is CC(C)(C)OC(=O)C1CC=C(c2ccccc2Cc2ccccc2)C2(CC2)C1. The van der Waals surface area contributed by atoms with Crippen molar-refractivity contribution < 1.29 is 9.53 Å². The summed E-state index contributed by atoms with van der Waals surface area (Å²) < 4.78 is 5.67. The highest BCUT2D eigenvalue weighted by Gasteiger charge is 2.51. The fourth-order valence-electron chi connectivity index (χ4n) is 4.48. The third-order valence-corrected chi connectivity index (χ3v) is 5.95. The van der Waals surface area contributed by atoms with Crippen LogP contribution in [0.1, 0.15) is 63.1 Å². The Morgan fingerprint density at radius 2 is 1.71 bits per heavy atom. The van der Waals surface area contributed by atoms with Crippen molar-refractivity contribution in [3.8, 4) is 0 Å². The average Bonchev–Trinajstić information content (AvgIpc) is 3.41. The van der Waals surface area contributed by atoms with E-state index in [0.29, 0.717) is 0 Å². The number of esters is 1. The van der Waals surface area contributed by atoms with E-state index in [0.717, 1.165) is 19.3 Å². The van der Waals surface area contributed by atoms with Gasteiger partial charge in [0.05, 0.1) is 5.92 Å². The number of hydrogen-bond acceptors (Lipinski definition) is 2. The van der Waals surface area contributed by atoms with Gasteiger partial charge < -0.3 is 4.74 Å². The first-order chi connectivity index (χ1) is 13.4. The third kappa shape index (κ3) is 4.06. The maximum atomic E-state index is 12.6. The van der Waals surface area contributed by atoms with Gasteiger partial charge in [0.15, 0.2) is 0 Å². The predicted molar refractivity (Wildman–Crippen MR) is 114 cm³/mol. The fourth-order valence-corrected chi connectivity index (χ4v) is 4.48. The highest BCUT2D eigenvalue weighted by atomic mass is 16.6. The van der Waals surface area contributed by atoms with E-state index in [2.05, 4.69) is 60.7 Å². The molecule has 0 bridgehead atoms. The molecule has 2 aromatic carbocycles. The Balaban J connectivity index is 1.60. The number of benzene rings is 2. The Kier molecular flexibility index (Phi) is 4.91. The summed E-state index contributed by atoms with van der Waals surface area (Å²) in [5.41, 5.74) is 5.29. The molecule has 0 saturated heterocycles. The summed E-state index contributed by atoms with van der Waals surface area (Å²) >= 11 is 0. The molecule has 0 N–H and O–H groups in total. The zero-order chi connectivity index (χ0) is 19.8. The lowest BCUT2D eigenvalue weighted by Crippen LogP contribution is -2.31. The molecule has 0 radical (unpaired) electrons. The summed E-state index contributed by atoms with van der Waals surface area (Å²) in [4.78, 5) is 12.6. The van der Waals surface area contributed by atoms with Crippen molar-refractivity contribution in [1.82, 2.24) is 0 Å². The Bertz CT molecular complexity index is 882. The van der Waals surface area contributed by atoms with Crippen molar-refractivity contribution in [2.24, 2.45) is 11.3 Å². The molecule has 1 spiro atoms. The molecule has 1 saturated carbocycles. The van der Waals surface area contributed by atoms with E-state index in [-0.39, 0.29) is 17.3 Å². The maximum Gasteiger partial charge on any atom is 0.309 e. The van der Waals surface area contributed by atoms with Crippen molar-refractivity contribution >= 4 is 11.5 Å². The second-order valence-corrected chi connectivity index (χ2v) is 9.39. The molecule has 4 rings (SSSR count). The van der Waals surface area contributed by atoms with Gasteiger partial charge >= 0.3 is 5.97 Å². The van der Waals surface area contributed by atoms with Gasteiger partial charge in [0.2, 0.25) is 0 Å². The van der Waals surface area contributed by atoms with E-state index >= 15 is 0 Å². The molecule has 2 aromatic rings. The lowest BCUT2D eigenvalue weighted by atomic mass is 9.74. The first-order valence-corrected chi connectivity index (χ1v) is 10.4. The molecule has 1 atom stereocenters. The van der Waals surface area contributed by atoms with E-state index in [1.54, 1.807) is 0 Å². The lowest BCUT2D eigenvalue weighted by molar-refractivity contribution is -0.160. The first-order valence-electron chi connectivity index (χ1n) is 10.4. The zero-order valence-electron chi connectivity index (χ0n) is 17.2. The van der Waals surface area contributed by atoms with E-state index in [9.17, 15) is 4.79 Å². The molecule has 1 fully saturated rings. The van der Waals surface area contributed by atoms with Crippen molar-refractivity contribution in [1.29, 1.82) is 0 Å². The number of carbonyl (C=O) groups excluding carboxylic acids is 1. The van der Waals surface area contributed by atoms with Gasteiger partial charge in [-0.05, 0) is 80.6 Å². The second kappa shape index (κ2) is 7.24. The van der Waals surface area contributed by atoms with Crippen LogP contribution >= 0.6 is 0 Å². The topological polar surface area (TPSA) is 26.3 Å². The highest BCUT2D eigenvalue weighted by molar-refractivity contribution is 5.80. The standard InChI is InChI=1S/C26H30O2/c1-25(2,3)28-24(27)21-13-14-23(26(18-21)15-16-26)22-12-8-7-11-20(22)17-19-9-5-4-6-10-19/h4-12,14,21H,13,15-18H2,1-3H3. The number of ether oxygens (including phenoxy) is 1. The molecule has 146 valence electrons. The minimum Gasteiger partial charge on any atom is -0.460 e. The van der Waals surface area contributed by atoms with Gasteiger partial charge in [-0.15, -0.1) is 0 Å². The van der Waals surface area contributed by atoms with E-state index in [1.807, 2.05) is 20.8 Å². The highest BCUT2D eigenvalue weighted by Crippen LogP contribution is 2.62. The van der Waals surface area contributed by atoms with Crippen molar-refractivity contribution in [2.75, 3.05) is 0 Å². The van der Waals surface area contributed by atoms with Gasteiger partial charge in [-0.1, -0.05) is 60.7 Å². The van der Waals surface area contributed by atoms with Crippen LogP contribution in [0.2, 0.25) is 0 Å². The minimum absolute atomic E-state index is 0.00763. The monoisotopic (exact) mass is 374 g/mol. The number of carbonyl (C=O) groups is 1. The number of allylic oxidation sites excluding steroid dienone is 2. The number of rotatable bonds is 4. The van der Waals surface area contributed by atoms with Crippen LogP contribution in [0, 0.1) is 11.3 Å². The summed E-state index contributed by atoms with van der Waals surface area (Å²) in [6, 6.07) is 19.4. The van der Waals surface area contributed by atoms with E-state index in [1.165, 1.54) is 35.1 Å². The summed E-state index contributed by atoms with van der Waals surface area (Å²) in [6.45, 7) is 5.84. The normalized spacial score (nSPS) is 20.5. The maximum absolute atomic E-state index is 12.6. The smallest absolute Gasteiger partial charge is 0.309 e. The Morgan fingerprint density at radius 1 is 1.04 bits per heavy atom. The zero-order valence-corrected chi connectivity index (χ0v) is 17.2. The molecule has 0 aliphatic heterocycles. The van der Waals surface area contributed by atoms with Crippen molar-refractivity contribution in [2.45, 2.75) is 58.5 Å². The molecule has 2 aliphatic carbocycles. The molecular formula is C26H30O2. The van der Waals surface area contributed by atoms with Gasteiger partial charge in [0.1, 0.15) is 5.60 Å². The molecule has 0 heterocycles. The van der Waals surface area contributed by atoms with Crippen LogP contribution in [-0.2, 0) is 16.0 Å². The van der Waals surface area contributed by atoms with Crippen LogP contribution in [0.15, 0.2) is 60.7 Å². The number of hydrogen-bond donors (Lipinski definition) is 0. The Labute approximate surface area is 168 Å². The molecule has 2 heteroatoms. The molecule has 2 aliphatic rings. The minimum atomic E-state index is -0.417. The van der Waals surface area contributed by atoms with Crippen LogP contribution in [-0.4, -0.2) is 11.6 Å². The van der Waals surface area contributed by atoms with Gasteiger partial charge in [0.25, 0.3) is 0 Å². The fraction of sp³-hybridized carbons (Fsp3) is 0.423. The summed E-state index contributed by atoms with van der Waals surface area (Å²) in [6.07, 6.45) is 7.34. The molecule has 0 aromatic heterocycles. The van der Waals surface area contributed by atoms with Gasteiger partial charge in [-0.3, -0.25) is 4.79 Å². The van der Waals surface area contributed by atoms with E-state index in [4.69, 9.17) is 4.74 Å². The van der Waals surface area contributed by atoms with Crippen molar-refractivity contribution in [3.63, 3.8) is 0 Å². The first kappa shape index (κ1) is 19.0. The third-order valence-electron chi connectivity index (χ3n) is 5.95. The van der Waals surface area contributed by atoms with Gasteiger partial charge in [-0.25, -0.2) is 0 Å². The lowest BCUT2D eigenvalue weighted by Gasteiger charge is -2.32. The van der Waals surface area contributed by atoms with Crippen LogP contribution in [0.4, 0.5) is 0 Å². The van der Waals surface area contributed by atoms with E-state index < -0.39 is 5.60 Å². The predicted octanol–water partition coefficient (Wildman–Crippen LogP) is 6.19. The van der Waals surface area contributed by atoms with Crippen LogP contribution in [0.3, 0.4) is 0 Å². The summed E-state index contributed by atoms with van der Waals surface area (Å²) in [7, 11) is 0. The van der Waals surface area contributed by atoms with Gasteiger partial charge in [0, 0.05) is 0 Å². The van der Waals surface area contributed by atoms with Crippen LogP contribution in [0.25, 0.3) is 5.57 Å². The summed E-state index contributed by atoms with van der Waals surface area (Å²) in [5, 5.41) is 0.